The number of nitrogens with zero attached hydrogens (tertiary/aromatic N) is 1. The van der Waals surface area contributed by atoms with Gasteiger partial charge in [-0.25, -0.2) is 0 Å². The van der Waals surface area contributed by atoms with E-state index in [1.54, 1.807) is 0 Å². The molecule has 5 heteroatoms. The summed E-state index contributed by atoms with van der Waals surface area (Å²) in [7, 11) is 0. The van der Waals surface area contributed by atoms with Gasteiger partial charge in [0.25, 0.3) is 0 Å². The van der Waals surface area contributed by atoms with E-state index in [4.69, 9.17) is 10.1 Å². The van der Waals surface area contributed by atoms with Crippen molar-refractivity contribution in [1.29, 1.82) is 0 Å². The average Bonchev–Trinajstić information content (AvgIpc) is 0.811. The first-order valence-electron chi connectivity index (χ1n) is 0.523. The molecule has 0 aliphatic rings. The first kappa shape index (κ1) is 9.00. The first-order valence-corrected chi connectivity index (χ1v) is 1.30. The smallest absolute Gasteiger partial charge is 1.00 e. The van der Waals surface area contributed by atoms with E-state index >= 15 is 0 Å². The molecule has 0 saturated heterocycles. The van der Waals surface area contributed by atoms with Crippen LogP contribution in [0, 0.1) is 10.1 Å². The van der Waals surface area contributed by atoms with Crippen molar-refractivity contribution in [2.45, 2.75) is 0 Å². The fourth-order valence-electron chi connectivity index (χ4n) is 0. The van der Waals surface area contributed by atoms with Gasteiger partial charge in [-0.3, -0.25) is 0 Å². The second kappa shape index (κ2) is 4.31. The Hall–Kier alpha value is 0.313. The SMILES string of the molecule is O=[N+]([O-])[Ru].[Cl-]. The van der Waals surface area contributed by atoms with Crippen molar-refractivity contribution in [3.8, 4) is 0 Å². The van der Waals surface area contributed by atoms with Gasteiger partial charge in [-0.05, 0) is 0 Å². The molecular formula is ClNO2Ru-. The molecule has 3 nitrogen and oxygen atoms in total. The van der Waals surface area contributed by atoms with Crippen molar-refractivity contribution in [3.05, 3.63) is 10.1 Å². The minimum atomic E-state index is -0.570. The van der Waals surface area contributed by atoms with E-state index in [-0.39, 0.29) is 12.4 Å². The quantitative estimate of drug-likeness (QED) is 0.224. The number of halogens is 1. The molecule has 0 bridgehead atoms. The van der Waals surface area contributed by atoms with Crippen LogP contribution in [0.25, 0.3) is 0 Å². The van der Waals surface area contributed by atoms with E-state index in [0.29, 0.717) is 0 Å². The summed E-state index contributed by atoms with van der Waals surface area (Å²) in [5.74, 6) is 0. The maximum atomic E-state index is 8.77. The summed E-state index contributed by atoms with van der Waals surface area (Å²) < 4.78 is -0.570. The molecule has 0 aromatic carbocycles. The van der Waals surface area contributed by atoms with Gasteiger partial charge in [0.05, 0.1) is 0 Å². The molecule has 0 amide bonds. The fraction of sp³-hybridized carbons (Fsp3) is 0. The van der Waals surface area contributed by atoms with Crippen LogP contribution < -0.4 is 12.4 Å². The van der Waals surface area contributed by atoms with Crippen molar-refractivity contribution >= 4 is 0 Å². The summed E-state index contributed by atoms with van der Waals surface area (Å²) >= 11 is 1.30. The molecule has 0 aromatic heterocycles. The summed E-state index contributed by atoms with van der Waals surface area (Å²) in [6, 6.07) is 0. The Bertz CT molecular complexity index is 32.6. The first-order chi connectivity index (χ1) is 1.73. The predicted molar refractivity (Wildman–Crippen MR) is 6.99 cm³/mol. The Balaban J connectivity index is 0. The predicted octanol–water partition coefficient (Wildman–Crippen LogP) is -3.27. The van der Waals surface area contributed by atoms with E-state index < -0.39 is 3.67 Å². The molecule has 0 N–H and O–H groups in total. The van der Waals surface area contributed by atoms with Crippen LogP contribution in [0.1, 0.15) is 0 Å². The zero-order chi connectivity index (χ0) is 3.58. The molecule has 0 radical (unpaired) electrons. The molecule has 0 aliphatic heterocycles. The number of nitro groups is 1. The molecule has 0 heterocycles. The topological polar surface area (TPSA) is 43.1 Å². The molecule has 0 fully saturated rings. The third-order valence-corrected chi connectivity index (χ3v) is 0. The molecule has 5 heavy (non-hydrogen) atoms. The van der Waals surface area contributed by atoms with E-state index in [1.807, 2.05) is 0 Å². The van der Waals surface area contributed by atoms with Gasteiger partial charge in [0.2, 0.25) is 0 Å². The van der Waals surface area contributed by atoms with E-state index in [2.05, 4.69) is 0 Å². The monoisotopic (exact) mass is 183 g/mol. The van der Waals surface area contributed by atoms with Gasteiger partial charge in [0.15, 0.2) is 0 Å². The van der Waals surface area contributed by atoms with Gasteiger partial charge in [-0.15, -0.1) is 0 Å². The summed E-state index contributed by atoms with van der Waals surface area (Å²) in [5, 5.41) is 8.77. The minimum absolute atomic E-state index is 0. The normalized spacial score (nSPS) is 5.00. The zero-order valence-electron chi connectivity index (χ0n) is 2.00. The van der Waals surface area contributed by atoms with Gasteiger partial charge in [0.1, 0.15) is 0 Å². The van der Waals surface area contributed by atoms with Gasteiger partial charge in [0, 0.05) is 0 Å². The summed E-state index contributed by atoms with van der Waals surface area (Å²) in [6.07, 6.45) is 0. The maximum absolute atomic E-state index is 8.77. The minimum Gasteiger partial charge on any atom is -1.00 e. The van der Waals surface area contributed by atoms with Crippen molar-refractivity contribution in [1.82, 2.24) is 0 Å². The van der Waals surface area contributed by atoms with Crippen molar-refractivity contribution in [2.75, 3.05) is 0 Å². The third-order valence-electron chi connectivity index (χ3n) is 0. The summed E-state index contributed by atoms with van der Waals surface area (Å²) in [5.41, 5.74) is 0. The Kier molecular flexibility index (Phi) is 7.77. The molecule has 0 saturated carbocycles. The van der Waals surface area contributed by atoms with Crippen LogP contribution >= 0.6 is 0 Å². The van der Waals surface area contributed by atoms with Crippen molar-refractivity contribution in [2.24, 2.45) is 0 Å². The molecule has 0 rings (SSSR count). The standard InChI is InChI=1S/ClH.NO2.Ru/c;2-1-3;/h1H;;/p-1. The largest absolute Gasteiger partial charge is 1.00 e. The van der Waals surface area contributed by atoms with E-state index in [1.165, 1.54) is 18.5 Å². The van der Waals surface area contributed by atoms with Gasteiger partial charge in [-0.1, -0.05) is 0 Å². The van der Waals surface area contributed by atoms with Gasteiger partial charge >= 0.3 is 32.3 Å². The molecule has 0 aromatic rings. The van der Waals surface area contributed by atoms with Crippen LogP contribution in [-0.2, 0) is 18.5 Å². The van der Waals surface area contributed by atoms with Gasteiger partial charge in [-0.2, -0.15) is 0 Å². The molecule has 0 spiro atoms. The van der Waals surface area contributed by atoms with Crippen LogP contribution in [0.5, 0.6) is 0 Å². The summed E-state index contributed by atoms with van der Waals surface area (Å²) in [4.78, 5) is 8.77. The maximum Gasteiger partial charge on any atom is -1.00 e. The van der Waals surface area contributed by atoms with Crippen LogP contribution in [0.2, 0.25) is 0 Å². The summed E-state index contributed by atoms with van der Waals surface area (Å²) in [6.45, 7) is 0. The van der Waals surface area contributed by atoms with Crippen LogP contribution in [0.4, 0.5) is 0 Å². The van der Waals surface area contributed by atoms with Crippen LogP contribution in [-0.4, -0.2) is 3.67 Å². The average molecular weight is 183 g/mol. The van der Waals surface area contributed by atoms with Crippen LogP contribution in [0.3, 0.4) is 0 Å². The zero-order valence-corrected chi connectivity index (χ0v) is 4.49. The molecule has 33 valence electrons. The number of rotatable bonds is 0. The fourth-order valence-corrected chi connectivity index (χ4v) is 0. The Morgan fingerprint density at radius 2 is 1.80 bits per heavy atom. The molecular weight excluding hydrogens is 183 g/mol. The Labute approximate surface area is 45.2 Å². The Morgan fingerprint density at radius 1 is 1.80 bits per heavy atom. The van der Waals surface area contributed by atoms with E-state index in [9.17, 15) is 0 Å². The Morgan fingerprint density at radius 3 is 1.80 bits per heavy atom. The number of hydrogen-bond acceptors (Lipinski definition) is 2. The van der Waals surface area contributed by atoms with E-state index in [0.717, 1.165) is 0 Å². The van der Waals surface area contributed by atoms with Crippen molar-refractivity contribution < 1.29 is 34.6 Å². The molecule has 0 atom stereocenters. The number of hydrogen-bond donors (Lipinski definition) is 0. The van der Waals surface area contributed by atoms with Crippen molar-refractivity contribution in [3.63, 3.8) is 0 Å². The third kappa shape index (κ3) is 235. The molecule has 0 aliphatic carbocycles. The van der Waals surface area contributed by atoms with Gasteiger partial charge < -0.3 is 12.4 Å². The second-order valence-corrected chi connectivity index (χ2v) is 0.838. The van der Waals surface area contributed by atoms with Crippen LogP contribution in [0.15, 0.2) is 0 Å². The second-order valence-electron chi connectivity index (χ2n) is 0.204. The molecule has 0 unspecified atom stereocenters.